The van der Waals surface area contributed by atoms with E-state index in [1.807, 2.05) is 6.07 Å². The lowest BCUT2D eigenvalue weighted by Gasteiger charge is -2.35. The van der Waals surface area contributed by atoms with Crippen molar-refractivity contribution in [3.63, 3.8) is 0 Å². The average Bonchev–Trinajstić information content (AvgIpc) is 2.57. The Bertz CT molecular complexity index is 847. The van der Waals surface area contributed by atoms with E-state index in [-0.39, 0.29) is 23.6 Å². The molecule has 5 nitrogen and oxygen atoms in total. The molecule has 134 valence electrons. The quantitative estimate of drug-likeness (QED) is 0.850. The Kier molecular flexibility index (Phi) is 4.29. The van der Waals surface area contributed by atoms with Gasteiger partial charge in [0.1, 0.15) is 11.3 Å². The van der Waals surface area contributed by atoms with Gasteiger partial charge in [0.2, 0.25) is 0 Å². The van der Waals surface area contributed by atoms with Crippen LogP contribution < -0.4 is 5.63 Å². The van der Waals surface area contributed by atoms with E-state index >= 15 is 0 Å². The Morgan fingerprint density at radius 3 is 2.52 bits per heavy atom. The molecule has 2 aliphatic rings. The first-order valence-electron chi connectivity index (χ1n) is 9.20. The van der Waals surface area contributed by atoms with Crippen molar-refractivity contribution >= 4 is 11.0 Å². The predicted octanol–water partition coefficient (Wildman–Crippen LogP) is 2.99. The zero-order chi connectivity index (χ0) is 17.6. The lowest BCUT2D eigenvalue weighted by Crippen LogP contribution is -2.44. The van der Waals surface area contributed by atoms with Crippen LogP contribution in [-0.2, 0) is 24.1 Å². The molecule has 0 amide bonds. The number of aromatic hydroxyl groups is 1. The van der Waals surface area contributed by atoms with Gasteiger partial charge in [0.05, 0.1) is 17.8 Å². The van der Waals surface area contributed by atoms with E-state index in [1.54, 1.807) is 6.07 Å². The van der Waals surface area contributed by atoms with Gasteiger partial charge in [-0.25, -0.2) is 4.79 Å². The molecular weight excluding hydrogens is 318 g/mol. The first-order valence-corrected chi connectivity index (χ1v) is 9.20. The molecule has 1 N–H and O–H groups in total. The zero-order valence-corrected chi connectivity index (χ0v) is 14.9. The predicted molar refractivity (Wildman–Crippen MR) is 96.1 cm³/mol. The van der Waals surface area contributed by atoms with Gasteiger partial charge in [0, 0.05) is 30.6 Å². The molecule has 2 aromatic rings. The standard InChI is InChI=1S/C20H25NO4/c1-12-9-21(10-13(2)24-12)11-17-18(22)8-7-15-14-5-3-4-6-16(14)20(23)25-19(15)17/h7-8,12-13,22H,3-6,9-11H2,1-2H3/t12-,13-/m0/s1. The van der Waals surface area contributed by atoms with Crippen molar-refractivity contribution in [1.29, 1.82) is 0 Å². The van der Waals surface area contributed by atoms with E-state index in [2.05, 4.69) is 18.7 Å². The molecule has 0 radical (unpaired) electrons. The molecule has 2 atom stereocenters. The number of aryl methyl sites for hydroxylation is 1. The smallest absolute Gasteiger partial charge is 0.339 e. The van der Waals surface area contributed by atoms with E-state index in [1.165, 1.54) is 0 Å². The van der Waals surface area contributed by atoms with E-state index < -0.39 is 0 Å². The van der Waals surface area contributed by atoms with Crippen molar-refractivity contribution in [1.82, 2.24) is 4.90 Å². The Balaban J connectivity index is 1.79. The van der Waals surface area contributed by atoms with Crippen LogP contribution in [-0.4, -0.2) is 35.3 Å². The third-order valence-electron chi connectivity index (χ3n) is 5.35. The van der Waals surface area contributed by atoms with Crippen LogP contribution in [0.2, 0.25) is 0 Å². The summed E-state index contributed by atoms with van der Waals surface area (Å²) < 4.78 is 11.5. The van der Waals surface area contributed by atoms with Crippen molar-refractivity contribution < 1.29 is 14.3 Å². The molecule has 5 heteroatoms. The molecule has 1 aromatic carbocycles. The van der Waals surface area contributed by atoms with Crippen LogP contribution in [0.15, 0.2) is 21.3 Å². The van der Waals surface area contributed by atoms with Crippen LogP contribution in [0.1, 0.15) is 43.4 Å². The van der Waals surface area contributed by atoms with E-state index in [9.17, 15) is 9.90 Å². The van der Waals surface area contributed by atoms with Gasteiger partial charge >= 0.3 is 5.63 Å². The number of rotatable bonds is 2. The third kappa shape index (κ3) is 3.07. The Labute approximate surface area is 147 Å². The molecule has 1 aromatic heterocycles. The van der Waals surface area contributed by atoms with Crippen LogP contribution >= 0.6 is 0 Å². The van der Waals surface area contributed by atoms with Gasteiger partial charge in [-0.2, -0.15) is 0 Å². The van der Waals surface area contributed by atoms with Gasteiger partial charge in [0.25, 0.3) is 0 Å². The Morgan fingerprint density at radius 2 is 1.80 bits per heavy atom. The van der Waals surface area contributed by atoms with Gasteiger partial charge < -0.3 is 14.3 Å². The molecule has 1 fully saturated rings. The van der Waals surface area contributed by atoms with E-state index in [4.69, 9.17) is 9.15 Å². The molecule has 2 heterocycles. The highest BCUT2D eigenvalue weighted by Gasteiger charge is 2.26. The number of nitrogens with zero attached hydrogens (tertiary/aromatic N) is 1. The monoisotopic (exact) mass is 343 g/mol. The second-order valence-corrected chi connectivity index (χ2v) is 7.45. The van der Waals surface area contributed by atoms with Crippen molar-refractivity contribution in [2.24, 2.45) is 0 Å². The van der Waals surface area contributed by atoms with Gasteiger partial charge in [0.15, 0.2) is 0 Å². The van der Waals surface area contributed by atoms with Crippen LogP contribution in [0, 0.1) is 0 Å². The molecule has 0 spiro atoms. The van der Waals surface area contributed by atoms with Gasteiger partial charge in [-0.15, -0.1) is 0 Å². The maximum absolute atomic E-state index is 12.5. The summed E-state index contributed by atoms with van der Waals surface area (Å²) >= 11 is 0. The average molecular weight is 343 g/mol. The lowest BCUT2D eigenvalue weighted by atomic mass is 9.90. The summed E-state index contributed by atoms with van der Waals surface area (Å²) in [5.41, 5.74) is 2.96. The van der Waals surface area contributed by atoms with Gasteiger partial charge in [-0.05, 0) is 57.2 Å². The SMILES string of the molecule is C[C@H]1CN(Cc2c(O)ccc3c4c(c(=O)oc23)CCCC4)C[C@H](C)O1. The summed E-state index contributed by atoms with van der Waals surface area (Å²) in [5, 5.41) is 11.4. The molecule has 4 rings (SSSR count). The highest BCUT2D eigenvalue weighted by molar-refractivity contribution is 5.86. The summed E-state index contributed by atoms with van der Waals surface area (Å²) in [6, 6.07) is 3.63. The largest absolute Gasteiger partial charge is 0.507 e. The highest BCUT2D eigenvalue weighted by atomic mass is 16.5. The fraction of sp³-hybridized carbons (Fsp3) is 0.550. The topological polar surface area (TPSA) is 62.9 Å². The molecule has 25 heavy (non-hydrogen) atoms. The number of benzene rings is 1. The summed E-state index contributed by atoms with van der Waals surface area (Å²) in [6.45, 7) is 6.28. The van der Waals surface area contributed by atoms with Crippen LogP contribution in [0.25, 0.3) is 11.0 Å². The minimum absolute atomic E-state index is 0.153. The summed E-state index contributed by atoms with van der Waals surface area (Å²) in [6.07, 6.45) is 4.15. The van der Waals surface area contributed by atoms with Gasteiger partial charge in [-0.3, -0.25) is 4.90 Å². The minimum atomic E-state index is -0.238. The maximum atomic E-state index is 12.5. The number of hydrogen-bond donors (Lipinski definition) is 1. The van der Waals surface area contributed by atoms with E-state index in [0.717, 1.165) is 55.3 Å². The molecular formula is C20H25NO4. The molecule has 0 unspecified atom stereocenters. The summed E-state index contributed by atoms with van der Waals surface area (Å²) in [7, 11) is 0. The summed E-state index contributed by atoms with van der Waals surface area (Å²) in [4.78, 5) is 14.7. The molecule has 0 bridgehead atoms. The van der Waals surface area contributed by atoms with Crippen molar-refractivity contribution in [3.8, 4) is 5.75 Å². The first kappa shape index (κ1) is 16.6. The first-order chi connectivity index (χ1) is 12.0. The Hall–Kier alpha value is -1.85. The zero-order valence-electron chi connectivity index (χ0n) is 14.9. The van der Waals surface area contributed by atoms with E-state index in [0.29, 0.717) is 17.7 Å². The van der Waals surface area contributed by atoms with Crippen LogP contribution in [0.4, 0.5) is 0 Å². The normalized spacial score (nSPS) is 24.4. The Morgan fingerprint density at radius 1 is 1.12 bits per heavy atom. The second-order valence-electron chi connectivity index (χ2n) is 7.45. The molecule has 1 aliphatic heterocycles. The number of morpholine rings is 1. The highest BCUT2D eigenvalue weighted by Crippen LogP contribution is 2.33. The molecule has 1 aliphatic carbocycles. The second kappa shape index (κ2) is 6.46. The van der Waals surface area contributed by atoms with Crippen molar-refractivity contribution in [2.75, 3.05) is 13.1 Å². The van der Waals surface area contributed by atoms with Gasteiger partial charge in [-0.1, -0.05) is 0 Å². The van der Waals surface area contributed by atoms with Crippen molar-refractivity contribution in [2.45, 2.75) is 58.3 Å². The minimum Gasteiger partial charge on any atom is -0.507 e. The third-order valence-corrected chi connectivity index (χ3v) is 5.35. The lowest BCUT2D eigenvalue weighted by molar-refractivity contribution is -0.0705. The number of phenolic OH excluding ortho intramolecular Hbond substituents is 1. The van der Waals surface area contributed by atoms with Crippen LogP contribution in [0.5, 0.6) is 5.75 Å². The maximum Gasteiger partial charge on any atom is 0.339 e. The number of ether oxygens (including phenoxy) is 1. The number of phenols is 1. The number of fused-ring (bicyclic) bond motifs is 3. The van der Waals surface area contributed by atoms with Crippen molar-refractivity contribution in [3.05, 3.63) is 39.2 Å². The number of hydrogen-bond acceptors (Lipinski definition) is 5. The fourth-order valence-corrected chi connectivity index (χ4v) is 4.34. The molecule has 1 saturated heterocycles. The van der Waals surface area contributed by atoms with Crippen LogP contribution in [0.3, 0.4) is 0 Å². The fourth-order valence-electron chi connectivity index (χ4n) is 4.34. The summed E-state index contributed by atoms with van der Waals surface area (Å²) in [5.74, 6) is 0.193. The molecule has 0 saturated carbocycles.